The molecule has 0 radical (unpaired) electrons. The minimum absolute atomic E-state index is 0.0692. The van der Waals surface area contributed by atoms with Crippen LogP contribution in [0.15, 0.2) is 53.5 Å². The third-order valence-corrected chi connectivity index (χ3v) is 9.78. The number of likely N-dealkylation sites (N-methyl/N-ethyl adjacent to an activating group) is 1. The summed E-state index contributed by atoms with van der Waals surface area (Å²) < 4.78 is 8.72. The van der Waals surface area contributed by atoms with Gasteiger partial charge in [-0.25, -0.2) is 9.78 Å². The molecule has 2 atom stereocenters. The second-order valence-corrected chi connectivity index (χ2v) is 13.4. The zero-order valence-corrected chi connectivity index (χ0v) is 29.8. The highest BCUT2D eigenvalue weighted by Gasteiger charge is 2.30. The largest absolute Gasteiger partial charge is 0.478 e. The van der Waals surface area contributed by atoms with E-state index in [2.05, 4.69) is 43.2 Å². The van der Waals surface area contributed by atoms with Gasteiger partial charge in [0.05, 0.1) is 17.2 Å². The first-order valence-electron chi connectivity index (χ1n) is 16.9. The van der Waals surface area contributed by atoms with E-state index in [1.807, 2.05) is 43.4 Å². The number of aromatic nitrogens is 5. The molecule has 4 amide bonds. The molecule has 0 aliphatic carbocycles. The van der Waals surface area contributed by atoms with E-state index in [1.165, 1.54) is 16.5 Å². The normalized spacial score (nSPS) is 17.7. The number of fused-ring (bicyclic) bond motifs is 2. The molecular formula is C35H38ClN11O5. The summed E-state index contributed by atoms with van der Waals surface area (Å²) in [5, 5.41) is 18.3. The second kappa shape index (κ2) is 14.0. The molecule has 270 valence electrons. The standard InChI is InChI=1S/C35H38ClN11O5/c1-19-17-46(11-9-25(19)39-22-5-7-23-27(15-22)45(4)43-32(23)47-12-10-29(48)41-35(47)51)34-38-16-24(36)31(42-34)40-21-6-8-26-20(13-21)14-28(33(50)44(26)3)52-18-30(49)37-2/h5-8,13-16,19,25,39H,9-12,17-18H2,1-4H3,(H,37,49)(H,38,40,42)(H,41,48,51)/t19-,25-/m1/s1. The number of amides is 4. The minimum Gasteiger partial charge on any atom is -0.478 e. The van der Waals surface area contributed by atoms with Gasteiger partial charge < -0.3 is 30.2 Å². The van der Waals surface area contributed by atoms with Crippen LogP contribution in [0.5, 0.6) is 5.75 Å². The number of carbonyl (C=O) groups excluding carboxylic acids is 3. The Morgan fingerprint density at radius 1 is 1.06 bits per heavy atom. The van der Waals surface area contributed by atoms with Crippen LogP contribution in [0.2, 0.25) is 5.02 Å². The van der Waals surface area contributed by atoms with Crippen molar-refractivity contribution in [3.8, 4) is 5.75 Å². The van der Waals surface area contributed by atoms with Gasteiger partial charge in [-0.2, -0.15) is 10.1 Å². The molecule has 3 aromatic heterocycles. The Kier molecular flexibility index (Phi) is 9.31. The van der Waals surface area contributed by atoms with Crippen LogP contribution in [-0.2, 0) is 23.7 Å². The third-order valence-electron chi connectivity index (χ3n) is 9.50. The lowest BCUT2D eigenvalue weighted by molar-refractivity contribution is -0.122. The number of hydrogen-bond donors (Lipinski definition) is 4. The predicted molar refractivity (Wildman–Crippen MR) is 199 cm³/mol. The van der Waals surface area contributed by atoms with Gasteiger partial charge in [0, 0.05) is 75.4 Å². The van der Waals surface area contributed by atoms with E-state index in [-0.39, 0.29) is 54.7 Å². The molecule has 0 unspecified atom stereocenters. The Labute approximate surface area is 303 Å². The lowest BCUT2D eigenvalue weighted by Gasteiger charge is -2.37. The van der Waals surface area contributed by atoms with Crippen LogP contribution in [0.4, 0.5) is 33.8 Å². The number of nitrogens with one attached hydrogen (secondary N) is 4. The van der Waals surface area contributed by atoms with Gasteiger partial charge in [-0.05, 0) is 54.8 Å². The number of nitrogens with zero attached hydrogens (tertiary/aromatic N) is 7. The molecule has 16 nitrogen and oxygen atoms in total. The maximum Gasteiger partial charge on any atom is 0.329 e. The number of benzene rings is 2. The maximum atomic E-state index is 12.8. The number of carbonyl (C=O) groups is 3. The van der Waals surface area contributed by atoms with E-state index in [1.54, 1.807) is 24.0 Å². The van der Waals surface area contributed by atoms with Crippen molar-refractivity contribution in [3.05, 3.63) is 64.0 Å². The first-order valence-corrected chi connectivity index (χ1v) is 17.2. The zero-order chi connectivity index (χ0) is 36.7. The number of hydrogen-bond acceptors (Lipinski definition) is 11. The van der Waals surface area contributed by atoms with Crippen LogP contribution in [0.3, 0.4) is 0 Å². The molecule has 5 aromatic rings. The number of pyridine rings is 1. The molecule has 2 aliphatic heterocycles. The molecule has 0 bridgehead atoms. The Hall–Kier alpha value is -5.90. The minimum atomic E-state index is -0.463. The fourth-order valence-electron chi connectivity index (χ4n) is 6.63. The van der Waals surface area contributed by atoms with Gasteiger partial charge >= 0.3 is 6.03 Å². The van der Waals surface area contributed by atoms with Crippen molar-refractivity contribution in [3.63, 3.8) is 0 Å². The van der Waals surface area contributed by atoms with E-state index in [0.29, 0.717) is 46.9 Å². The summed E-state index contributed by atoms with van der Waals surface area (Å²) in [6.07, 6.45) is 2.65. The number of urea groups is 1. The predicted octanol–water partition coefficient (Wildman–Crippen LogP) is 3.51. The van der Waals surface area contributed by atoms with Crippen molar-refractivity contribution < 1.29 is 19.1 Å². The molecule has 4 N–H and O–H groups in total. The Balaban J connectivity index is 1.03. The van der Waals surface area contributed by atoms with E-state index < -0.39 is 6.03 Å². The van der Waals surface area contributed by atoms with Crippen LogP contribution in [-0.4, -0.2) is 81.5 Å². The van der Waals surface area contributed by atoms with Gasteiger partial charge in [-0.15, -0.1) is 0 Å². The van der Waals surface area contributed by atoms with Crippen LogP contribution < -0.4 is 41.4 Å². The second-order valence-electron chi connectivity index (χ2n) is 13.0. The first kappa shape index (κ1) is 34.5. The summed E-state index contributed by atoms with van der Waals surface area (Å²) in [4.78, 5) is 61.5. The number of rotatable bonds is 9. The summed E-state index contributed by atoms with van der Waals surface area (Å²) in [6, 6.07) is 12.8. The fraction of sp³-hybridized carbons (Fsp3) is 0.343. The molecule has 5 heterocycles. The quantitative estimate of drug-likeness (QED) is 0.175. The summed E-state index contributed by atoms with van der Waals surface area (Å²) in [7, 11) is 4.99. The van der Waals surface area contributed by atoms with Crippen molar-refractivity contribution in [2.24, 2.45) is 20.0 Å². The van der Waals surface area contributed by atoms with Crippen LogP contribution in [0.1, 0.15) is 19.8 Å². The summed E-state index contributed by atoms with van der Waals surface area (Å²) in [5.74, 6) is 1.20. The molecule has 2 aliphatic rings. The SMILES string of the molecule is CNC(=O)COc1cc2cc(Nc3nc(N4CC[C@@H](Nc5ccc6c(N7CCC(=O)NC7=O)nn(C)c6c5)[C@H](C)C4)ncc3Cl)ccc2n(C)c1=O. The topological polar surface area (TPSA) is 181 Å². The summed E-state index contributed by atoms with van der Waals surface area (Å²) >= 11 is 6.55. The molecule has 7 rings (SSSR count). The Bertz CT molecular complexity index is 2290. The zero-order valence-electron chi connectivity index (χ0n) is 29.1. The van der Waals surface area contributed by atoms with Crippen LogP contribution in [0.25, 0.3) is 21.8 Å². The first-order chi connectivity index (χ1) is 25.0. The number of anilines is 5. The number of aryl methyl sites for hydroxylation is 2. The highest BCUT2D eigenvalue weighted by atomic mass is 35.5. The fourth-order valence-corrected chi connectivity index (χ4v) is 6.77. The van der Waals surface area contributed by atoms with E-state index >= 15 is 0 Å². The van der Waals surface area contributed by atoms with Crippen LogP contribution >= 0.6 is 11.6 Å². The maximum absolute atomic E-state index is 12.8. The van der Waals surface area contributed by atoms with Gasteiger partial charge in [-0.1, -0.05) is 18.5 Å². The van der Waals surface area contributed by atoms with Crippen molar-refractivity contribution in [1.29, 1.82) is 0 Å². The molecule has 52 heavy (non-hydrogen) atoms. The number of imide groups is 1. The Morgan fingerprint density at radius 3 is 2.63 bits per heavy atom. The van der Waals surface area contributed by atoms with E-state index in [4.69, 9.17) is 21.3 Å². The number of piperidine rings is 1. The highest BCUT2D eigenvalue weighted by molar-refractivity contribution is 6.33. The molecule has 2 saturated heterocycles. The molecule has 0 spiro atoms. The van der Waals surface area contributed by atoms with Gasteiger partial charge in [0.15, 0.2) is 24.0 Å². The number of halogens is 1. The van der Waals surface area contributed by atoms with Gasteiger partial charge in [-0.3, -0.25) is 29.3 Å². The van der Waals surface area contributed by atoms with Gasteiger partial charge in [0.2, 0.25) is 11.9 Å². The smallest absolute Gasteiger partial charge is 0.329 e. The molecule has 17 heteroatoms. The van der Waals surface area contributed by atoms with Gasteiger partial charge in [0.1, 0.15) is 5.02 Å². The van der Waals surface area contributed by atoms with Crippen LogP contribution in [0, 0.1) is 5.92 Å². The average Bonchev–Trinajstić information content (AvgIpc) is 3.45. The Morgan fingerprint density at radius 2 is 1.87 bits per heavy atom. The molecular weight excluding hydrogens is 690 g/mol. The average molecular weight is 728 g/mol. The van der Waals surface area contributed by atoms with Crippen molar-refractivity contribution in [2.45, 2.75) is 25.8 Å². The lowest BCUT2D eigenvalue weighted by atomic mass is 9.93. The monoisotopic (exact) mass is 727 g/mol. The van der Waals surface area contributed by atoms with Gasteiger partial charge in [0.25, 0.3) is 11.5 Å². The highest BCUT2D eigenvalue weighted by Crippen LogP contribution is 2.32. The lowest BCUT2D eigenvalue weighted by Crippen LogP contribution is -2.49. The third kappa shape index (κ3) is 6.76. The number of ether oxygens (including phenoxy) is 1. The van der Waals surface area contributed by atoms with Crippen molar-refractivity contribution >= 4 is 80.2 Å². The summed E-state index contributed by atoms with van der Waals surface area (Å²) in [6.45, 7) is 3.63. The van der Waals surface area contributed by atoms with Crippen molar-refractivity contribution in [1.82, 2.24) is 34.9 Å². The molecule has 0 saturated carbocycles. The van der Waals surface area contributed by atoms with Crippen molar-refractivity contribution in [2.75, 3.05) is 53.7 Å². The molecule has 2 aromatic carbocycles. The summed E-state index contributed by atoms with van der Waals surface area (Å²) in [5.41, 5.74) is 2.85. The molecule has 2 fully saturated rings. The van der Waals surface area contributed by atoms with E-state index in [0.717, 1.165) is 28.4 Å². The van der Waals surface area contributed by atoms with E-state index in [9.17, 15) is 19.2 Å².